The minimum Gasteiger partial charge on any atom is -0.481 e. The number of benzene rings is 1. The molecule has 1 aromatic rings. The predicted octanol–water partition coefficient (Wildman–Crippen LogP) is 4.09. The Morgan fingerprint density at radius 3 is 2.62 bits per heavy atom. The van der Waals surface area contributed by atoms with Crippen LogP contribution in [0.4, 0.5) is 0 Å². The van der Waals surface area contributed by atoms with E-state index in [0.717, 1.165) is 24.3 Å². The molecule has 3 nitrogen and oxygen atoms in total. The largest absolute Gasteiger partial charge is 0.481 e. The lowest BCUT2D eigenvalue weighted by molar-refractivity contribution is -0.127. The maximum absolute atomic E-state index is 12.1. The first-order chi connectivity index (χ1) is 10.1. The van der Waals surface area contributed by atoms with Gasteiger partial charge < -0.3 is 10.1 Å². The van der Waals surface area contributed by atoms with Crippen LogP contribution >= 0.6 is 0 Å². The Hall–Kier alpha value is -1.51. The van der Waals surface area contributed by atoms with Crippen molar-refractivity contribution < 1.29 is 9.53 Å². The first-order valence-corrected chi connectivity index (χ1v) is 8.08. The highest BCUT2D eigenvalue weighted by Gasteiger charge is 2.16. The standard InChI is InChI=1S/C18H29NO2/c1-5-7-11-16(6-2)13-19-18(20)15(4)21-17-12-9-8-10-14(17)3/h8-10,12,15-16H,5-7,11,13H2,1-4H3,(H,19,20)/t15-,16-/m0/s1. The second kappa shape index (κ2) is 9.43. The normalized spacial score (nSPS) is 13.5. The molecule has 3 heteroatoms. The zero-order valence-corrected chi connectivity index (χ0v) is 13.8. The molecule has 118 valence electrons. The fraction of sp³-hybridized carbons (Fsp3) is 0.611. The van der Waals surface area contributed by atoms with E-state index in [0.29, 0.717) is 5.92 Å². The third-order valence-corrected chi connectivity index (χ3v) is 3.87. The van der Waals surface area contributed by atoms with Gasteiger partial charge in [-0.3, -0.25) is 4.79 Å². The molecule has 0 aromatic heterocycles. The first-order valence-electron chi connectivity index (χ1n) is 8.08. The fourth-order valence-electron chi connectivity index (χ4n) is 2.26. The highest BCUT2D eigenvalue weighted by atomic mass is 16.5. The smallest absolute Gasteiger partial charge is 0.260 e. The molecule has 0 aliphatic carbocycles. The molecular formula is C18H29NO2. The second-order valence-electron chi connectivity index (χ2n) is 5.69. The number of rotatable bonds is 9. The summed E-state index contributed by atoms with van der Waals surface area (Å²) >= 11 is 0. The van der Waals surface area contributed by atoms with Crippen molar-refractivity contribution in [3.63, 3.8) is 0 Å². The number of nitrogens with one attached hydrogen (secondary N) is 1. The van der Waals surface area contributed by atoms with Gasteiger partial charge in [0.1, 0.15) is 5.75 Å². The summed E-state index contributed by atoms with van der Waals surface area (Å²) in [6.45, 7) is 8.91. The Morgan fingerprint density at radius 2 is 2.00 bits per heavy atom. The van der Waals surface area contributed by atoms with Crippen LogP contribution in [0.3, 0.4) is 0 Å². The van der Waals surface area contributed by atoms with Crippen molar-refractivity contribution in [1.82, 2.24) is 5.32 Å². The van der Waals surface area contributed by atoms with Crippen molar-refractivity contribution in [2.24, 2.45) is 5.92 Å². The molecule has 21 heavy (non-hydrogen) atoms. The number of hydrogen-bond donors (Lipinski definition) is 1. The van der Waals surface area contributed by atoms with Gasteiger partial charge in [-0.15, -0.1) is 0 Å². The van der Waals surface area contributed by atoms with Gasteiger partial charge in [-0.1, -0.05) is 51.3 Å². The fourth-order valence-corrected chi connectivity index (χ4v) is 2.26. The molecule has 1 N–H and O–H groups in total. The van der Waals surface area contributed by atoms with E-state index >= 15 is 0 Å². The zero-order chi connectivity index (χ0) is 15.7. The lowest BCUT2D eigenvalue weighted by Gasteiger charge is -2.19. The quantitative estimate of drug-likeness (QED) is 0.744. The van der Waals surface area contributed by atoms with Gasteiger partial charge in [-0.2, -0.15) is 0 Å². The maximum atomic E-state index is 12.1. The van der Waals surface area contributed by atoms with Crippen LogP contribution in [0.5, 0.6) is 5.75 Å². The number of ether oxygens (including phenoxy) is 1. The van der Waals surface area contributed by atoms with Gasteiger partial charge in [0.15, 0.2) is 6.10 Å². The monoisotopic (exact) mass is 291 g/mol. The van der Waals surface area contributed by atoms with Gasteiger partial charge >= 0.3 is 0 Å². The highest BCUT2D eigenvalue weighted by molar-refractivity contribution is 5.80. The number of para-hydroxylation sites is 1. The second-order valence-corrected chi connectivity index (χ2v) is 5.69. The van der Waals surface area contributed by atoms with E-state index in [1.54, 1.807) is 6.92 Å². The summed E-state index contributed by atoms with van der Waals surface area (Å²) in [5, 5.41) is 3.02. The summed E-state index contributed by atoms with van der Waals surface area (Å²) in [5.41, 5.74) is 1.05. The van der Waals surface area contributed by atoms with E-state index in [1.165, 1.54) is 19.3 Å². The molecule has 0 bridgehead atoms. The van der Waals surface area contributed by atoms with Crippen LogP contribution in [0.15, 0.2) is 24.3 Å². The molecule has 0 aliphatic rings. The topological polar surface area (TPSA) is 38.3 Å². The molecule has 1 amide bonds. The molecule has 0 radical (unpaired) electrons. The Bertz CT molecular complexity index is 431. The number of aryl methyl sites for hydroxylation is 1. The molecule has 1 aromatic carbocycles. The summed E-state index contributed by atoms with van der Waals surface area (Å²) in [6, 6.07) is 7.77. The molecule has 1 rings (SSSR count). The van der Waals surface area contributed by atoms with E-state index < -0.39 is 6.10 Å². The third-order valence-electron chi connectivity index (χ3n) is 3.87. The van der Waals surface area contributed by atoms with Crippen LogP contribution < -0.4 is 10.1 Å². The number of unbranched alkanes of at least 4 members (excludes halogenated alkanes) is 1. The summed E-state index contributed by atoms with van der Waals surface area (Å²) in [6.07, 6.45) is 4.25. The molecule has 0 aliphatic heterocycles. The molecule has 0 spiro atoms. The van der Waals surface area contributed by atoms with Gasteiger partial charge in [-0.25, -0.2) is 0 Å². The van der Waals surface area contributed by atoms with E-state index in [1.807, 2.05) is 31.2 Å². The Morgan fingerprint density at radius 1 is 1.29 bits per heavy atom. The number of hydrogen-bond acceptors (Lipinski definition) is 2. The van der Waals surface area contributed by atoms with E-state index in [-0.39, 0.29) is 5.91 Å². The van der Waals surface area contributed by atoms with Gasteiger partial charge in [0.05, 0.1) is 0 Å². The van der Waals surface area contributed by atoms with Crippen molar-refractivity contribution in [3.8, 4) is 5.75 Å². The van der Waals surface area contributed by atoms with Crippen LogP contribution in [0.1, 0.15) is 52.0 Å². The first kappa shape index (κ1) is 17.5. The van der Waals surface area contributed by atoms with Crippen molar-refractivity contribution >= 4 is 5.91 Å². The van der Waals surface area contributed by atoms with Crippen molar-refractivity contribution in [3.05, 3.63) is 29.8 Å². The van der Waals surface area contributed by atoms with Gasteiger partial charge in [0.25, 0.3) is 5.91 Å². The maximum Gasteiger partial charge on any atom is 0.260 e. The lowest BCUT2D eigenvalue weighted by Crippen LogP contribution is -2.38. The number of amides is 1. The third kappa shape index (κ3) is 6.19. The number of carbonyl (C=O) groups excluding carboxylic acids is 1. The molecule has 0 saturated carbocycles. The van der Waals surface area contributed by atoms with Crippen LogP contribution in [0, 0.1) is 12.8 Å². The summed E-state index contributed by atoms with van der Waals surface area (Å²) < 4.78 is 5.74. The summed E-state index contributed by atoms with van der Waals surface area (Å²) in [4.78, 5) is 12.1. The predicted molar refractivity (Wildman–Crippen MR) is 87.6 cm³/mol. The molecule has 0 heterocycles. The van der Waals surface area contributed by atoms with Crippen LogP contribution in [0.25, 0.3) is 0 Å². The van der Waals surface area contributed by atoms with Gasteiger partial charge in [0, 0.05) is 6.54 Å². The minimum absolute atomic E-state index is 0.0341. The molecule has 0 saturated heterocycles. The average molecular weight is 291 g/mol. The van der Waals surface area contributed by atoms with E-state index in [9.17, 15) is 4.79 Å². The van der Waals surface area contributed by atoms with Crippen molar-refractivity contribution in [2.45, 2.75) is 59.5 Å². The Balaban J connectivity index is 2.42. The van der Waals surface area contributed by atoms with E-state index in [4.69, 9.17) is 4.74 Å². The van der Waals surface area contributed by atoms with Crippen LogP contribution in [-0.2, 0) is 4.79 Å². The molecule has 2 atom stereocenters. The van der Waals surface area contributed by atoms with Crippen LogP contribution in [0.2, 0.25) is 0 Å². The molecular weight excluding hydrogens is 262 g/mol. The lowest BCUT2D eigenvalue weighted by atomic mass is 9.99. The SMILES string of the molecule is CCCC[C@H](CC)CNC(=O)[C@H](C)Oc1ccccc1C. The average Bonchev–Trinajstić information content (AvgIpc) is 2.49. The Kier molecular flexibility index (Phi) is 7.88. The van der Waals surface area contributed by atoms with Gasteiger partial charge in [0.2, 0.25) is 0 Å². The summed E-state index contributed by atoms with van der Waals surface area (Å²) in [5.74, 6) is 1.31. The molecule has 0 unspecified atom stereocenters. The summed E-state index contributed by atoms with van der Waals surface area (Å²) in [7, 11) is 0. The zero-order valence-electron chi connectivity index (χ0n) is 13.8. The van der Waals surface area contributed by atoms with Crippen molar-refractivity contribution in [1.29, 1.82) is 0 Å². The van der Waals surface area contributed by atoms with Crippen molar-refractivity contribution in [2.75, 3.05) is 6.54 Å². The number of carbonyl (C=O) groups is 1. The van der Waals surface area contributed by atoms with E-state index in [2.05, 4.69) is 19.2 Å². The Labute approximate surface area is 129 Å². The minimum atomic E-state index is -0.463. The molecule has 0 fully saturated rings. The highest BCUT2D eigenvalue weighted by Crippen LogP contribution is 2.18. The van der Waals surface area contributed by atoms with Gasteiger partial charge in [-0.05, 0) is 37.8 Å². The van der Waals surface area contributed by atoms with Crippen LogP contribution in [-0.4, -0.2) is 18.6 Å².